The fourth-order valence-corrected chi connectivity index (χ4v) is 3.32. The number of benzene rings is 1. The highest BCUT2D eigenvalue weighted by Crippen LogP contribution is 2.23. The number of fused-ring (bicyclic) bond motifs is 1. The summed E-state index contributed by atoms with van der Waals surface area (Å²) in [4.78, 5) is 0. The fraction of sp³-hybridized carbons (Fsp3) is 0.684. The van der Waals surface area contributed by atoms with Crippen LogP contribution in [0.25, 0.3) is 0 Å². The van der Waals surface area contributed by atoms with Crippen molar-refractivity contribution >= 4 is 0 Å². The summed E-state index contributed by atoms with van der Waals surface area (Å²) in [7, 11) is 0. The molecule has 1 aromatic rings. The number of rotatable bonds is 9. The summed E-state index contributed by atoms with van der Waals surface area (Å²) in [6.07, 6.45) is 12.8. The molecule has 20 heavy (non-hydrogen) atoms. The van der Waals surface area contributed by atoms with Crippen molar-refractivity contribution in [3.05, 3.63) is 34.9 Å². The van der Waals surface area contributed by atoms with Crippen LogP contribution in [0.2, 0.25) is 0 Å². The van der Waals surface area contributed by atoms with Crippen LogP contribution in [0, 0.1) is 5.92 Å². The van der Waals surface area contributed by atoms with Gasteiger partial charge in [0.1, 0.15) is 0 Å². The van der Waals surface area contributed by atoms with Gasteiger partial charge in [0, 0.05) is 6.61 Å². The van der Waals surface area contributed by atoms with Crippen molar-refractivity contribution in [3.63, 3.8) is 0 Å². The highest BCUT2D eigenvalue weighted by atomic mass is 16.3. The Hall–Kier alpha value is -0.820. The highest BCUT2D eigenvalue weighted by Gasteiger charge is 2.10. The Balaban J connectivity index is 1.57. The Morgan fingerprint density at radius 2 is 1.80 bits per heavy atom. The first-order valence-corrected chi connectivity index (χ1v) is 8.51. The minimum absolute atomic E-state index is 0.347. The number of aliphatic hydroxyl groups is 1. The van der Waals surface area contributed by atoms with E-state index in [4.69, 9.17) is 5.11 Å². The number of hydrogen-bond acceptors (Lipinski definition) is 1. The van der Waals surface area contributed by atoms with Crippen LogP contribution in [-0.4, -0.2) is 11.7 Å². The summed E-state index contributed by atoms with van der Waals surface area (Å²) in [6.45, 7) is 2.60. The predicted molar refractivity (Wildman–Crippen MR) is 86.1 cm³/mol. The van der Waals surface area contributed by atoms with E-state index in [1.54, 1.807) is 16.7 Å². The van der Waals surface area contributed by atoms with Crippen molar-refractivity contribution in [1.82, 2.24) is 0 Å². The molecule has 0 heterocycles. The first-order valence-electron chi connectivity index (χ1n) is 8.51. The number of aliphatic hydroxyl groups excluding tert-OH is 1. The smallest absolute Gasteiger partial charge is 0.0433 e. The van der Waals surface area contributed by atoms with Crippen LogP contribution in [0.1, 0.15) is 68.6 Å². The van der Waals surface area contributed by atoms with Crippen LogP contribution in [0.5, 0.6) is 0 Å². The van der Waals surface area contributed by atoms with Crippen molar-refractivity contribution in [2.45, 2.75) is 71.1 Å². The molecular weight excluding hydrogens is 244 g/mol. The molecule has 2 rings (SSSR count). The van der Waals surface area contributed by atoms with Crippen LogP contribution in [0.15, 0.2) is 18.2 Å². The average molecular weight is 274 g/mol. The summed E-state index contributed by atoms with van der Waals surface area (Å²) in [6, 6.07) is 7.15. The van der Waals surface area contributed by atoms with Crippen LogP contribution < -0.4 is 0 Å². The molecule has 0 amide bonds. The van der Waals surface area contributed by atoms with Crippen molar-refractivity contribution in [3.8, 4) is 0 Å². The van der Waals surface area contributed by atoms with Gasteiger partial charge in [0.25, 0.3) is 0 Å². The second-order valence-corrected chi connectivity index (χ2v) is 6.53. The minimum Gasteiger partial charge on any atom is -0.396 e. The van der Waals surface area contributed by atoms with E-state index in [1.807, 2.05) is 0 Å². The molecule has 1 heteroatoms. The topological polar surface area (TPSA) is 20.2 Å². The number of aryl methyl sites for hydroxylation is 3. The summed E-state index contributed by atoms with van der Waals surface area (Å²) < 4.78 is 0. The Labute approximate surface area is 124 Å². The lowest BCUT2D eigenvalue weighted by molar-refractivity contribution is 0.256. The third-order valence-electron chi connectivity index (χ3n) is 4.70. The number of unbranched alkanes of at least 4 members (excludes halogenated alkanes) is 3. The first-order chi connectivity index (χ1) is 9.79. The lowest BCUT2D eigenvalue weighted by Gasteiger charge is -2.09. The SMILES string of the molecule is C[C@H](CCO)CCCCCCc1ccc2c(c1)CCC2. The quantitative estimate of drug-likeness (QED) is 0.648. The molecule has 0 saturated carbocycles. The van der Waals surface area contributed by atoms with Gasteiger partial charge in [0.15, 0.2) is 0 Å². The van der Waals surface area contributed by atoms with E-state index < -0.39 is 0 Å². The van der Waals surface area contributed by atoms with Crippen LogP contribution in [0.3, 0.4) is 0 Å². The molecule has 0 unspecified atom stereocenters. The van der Waals surface area contributed by atoms with Gasteiger partial charge in [-0.3, -0.25) is 0 Å². The third kappa shape index (κ3) is 4.94. The Kier molecular flexibility index (Phi) is 6.59. The van der Waals surface area contributed by atoms with E-state index in [0.717, 1.165) is 6.42 Å². The van der Waals surface area contributed by atoms with Gasteiger partial charge in [-0.15, -0.1) is 0 Å². The van der Waals surface area contributed by atoms with E-state index in [9.17, 15) is 0 Å². The summed E-state index contributed by atoms with van der Waals surface area (Å²) in [5, 5.41) is 8.87. The molecule has 0 fully saturated rings. The normalized spacial score (nSPS) is 15.3. The first kappa shape index (κ1) is 15.6. The van der Waals surface area contributed by atoms with E-state index in [2.05, 4.69) is 25.1 Å². The maximum Gasteiger partial charge on any atom is 0.0433 e. The second kappa shape index (κ2) is 8.46. The molecule has 112 valence electrons. The van der Waals surface area contributed by atoms with Crippen molar-refractivity contribution in [2.24, 2.45) is 5.92 Å². The summed E-state index contributed by atoms with van der Waals surface area (Å²) in [5.74, 6) is 0.691. The molecular formula is C19H30O. The van der Waals surface area contributed by atoms with Gasteiger partial charge in [-0.2, -0.15) is 0 Å². The molecule has 1 aliphatic rings. The van der Waals surface area contributed by atoms with Gasteiger partial charge in [0.05, 0.1) is 0 Å². The van der Waals surface area contributed by atoms with E-state index >= 15 is 0 Å². The molecule has 0 spiro atoms. The van der Waals surface area contributed by atoms with Gasteiger partial charge >= 0.3 is 0 Å². The maximum atomic E-state index is 8.87. The van der Waals surface area contributed by atoms with Gasteiger partial charge in [-0.1, -0.05) is 50.8 Å². The van der Waals surface area contributed by atoms with Crippen LogP contribution in [-0.2, 0) is 19.3 Å². The lowest BCUT2D eigenvalue weighted by atomic mass is 9.98. The lowest BCUT2D eigenvalue weighted by Crippen LogP contribution is -1.97. The maximum absolute atomic E-state index is 8.87. The Morgan fingerprint density at radius 3 is 2.65 bits per heavy atom. The van der Waals surface area contributed by atoms with Gasteiger partial charge in [-0.25, -0.2) is 0 Å². The number of hydrogen-bond donors (Lipinski definition) is 1. The zero-order valence-electron chi connectivity index (χ0n) is 13.0. The predicted octanol–water partition coefficient (Wildman–Crippen LogP) is 4.69. The molecule has 0 bridgehead atoms. The Bertz CT molecular complexity index is 397. The monoisotopic (exact) mass is 274 g/mol. The van der Waals surface area contributed by atoms with Crippen molar-refractivity contribution in [1.29, 1.82) is 0 Å². The summed E-state index contributed by atoms with van der Waals surface area (Å²) >= 11 is 0. The third-order valence-corrected chi connectivity index (χ3v) is 4.70. The molecule has 1 aromatic carbocycles. The summed E-state index contributed by atoms with van der Waals surface area (Å²) in [5.41, 5.74) is 4.74. The van der Waals surface area contributed by atoms with Gasteiger partial charge < -0.3 is 5.11 Å². The average Bonchev–Trinajstić information content (AvgIpc) is 2.90. The Morgan fingerprint density at radius 1 is 1.00 bits per heavy atom. The molecule has 0 aromatic heterocycles. The molecule has 1 atom stereocenters. The highest BCUT2D eigenvalue weighted by molar-refractivity contribution is 5.35. The largest absolute Gasteiger partial charge is 0.396 e. The standard InChI is InChI=1S/C19H30O/c1-16(13-14-20)7-4-2-3-5-8-17-11-12-18-9-6-10-19(18)15-17/h11-12,15-16,20H,2-10,13-14H2,1H3/t16-/m0/s1. The van der Waals surface area contributed by atoms with E-state index in [1.165, 1.54) is 57.8 Å². The molecule has 1 N–H and O–H groups in total. The molecule has 0 saturated heterocycles. The van der Waals surface area contributed by atoms with Crippen LogP contribution in [0.4, 0.5) is 0 Å². The fourth-order valence-electron chi connectivity index (χ4n) is 3.32. The van der Waals surface area contributed by atoms with Gasteiger partial charge in [-0.05, 0) is 61.1 Å². The zero-order valence-corrected chi connectivity index (χ0v) is 13.0. The molecule has 1 nitrogen and oxygen atoms in total. The molecule has 1 aliphatic carbocycles. The van der Waals surface area contributed by atoms with E-state index in [0.29, 0.717) is 12.5 Å². The van der Waals surface area contributed by atoms with Crippen molar-refractivity contribution < 1.29 is 5.11 Å². The van der Waals surface area contributed by atoms with Crippen LogP contribution >= 0.6 is 0 Å². The minimum atomic E-state index is 0.347. The van der Waals surface area contributed by atoms with Gasteiger partial charge in [0.2, 0.25) is 0 Å². The molecule has 0 radical (unpaired) electrons. The van der Waals surface area contributed by atoms with Crippen molar-refractivity contribution in [2.75, 3.05) is 6.61 Å². The second-order valence-electron chi connectivity index (χ2n) is 6.53. The van der Waals surface area contributed by atoms with E-state index in [-0.39, 0.29) is 0 Å². The zero-order chi connectivity index (χ0) is 14.2. The molecule has 0 aliphatic heterocycles.